The summed E-state index contributed by atoms with van der Waals surface area (Å²) in [6, 6.07) is 29.3. The van der Waals surface area contributed by atoms with Gasteiger partial charge in [0.25, 0.3) is 11.8 Å². The molecule has 5 amide bonds. The number of rotatable bonds is 16. The Hall–Kier alpha value is -7.22. The Labute approximate surface area is 349 Å². The lowest BCUT2D eigenvalue weighted by molar-refractivity contribution is -0.136. The predicted molar refractivity (Wildman–Crippen MR) is 228 cm³/mol. The topological polar surface area (TPSA) is 159 Å². The Morgan fingerprint density at radius 2 is 1.13 bits per heavy atom. The zero-order valence-corrected chi connectivity index (χ0v) is 33.9. The van der Waals surface area contributed by atoms with Crippen LogP contribution in [0.15, 0.2) is 138 Å². The van der Waals surface area contributed by atoms with E-state index in [1.165, 1.54) is 14.7 Å². The number of fused-ring (bicyclic) bond motifs is 1. The van der Waals surface area contributed by atoms with Crippen LogP contribution in [0.25, 0.3) is 0 Å². The van der Waals surface area contributed by atoms with Gasteiger partial charge in [-0.3, -0.25) is 24.0 Å². The number of anilines is 2. The number of nitrogens with zero attached hydrogens (tertiary/aromatic N) is 4. The van der Waals surface area contributed by atoms with Crippen LogP contribution in [-0.2, 0) is 41.6 Å². The number of amides is 5. The molecule has 2 aliphatic rings. The number of likely N-dealkylation sites (N-methyl/N-ethyl adjacent to an activating group) is 2. The fourth-order valence-corrected chi connectivity index (χ4v) is 6.91. The van der Waals surface area contributed by atoms with E-state index in [1.54, 1.807) is 101 Å². The lowest BCUT2D eigenvalue weighted by Gasteiger charge is -2.37. The Bertz CT molecular complexity index is 2230. The van der Waals surface area contributed by atoms with Gasteiger partial charge >= 0.3 is 5.91 Å². The fraction of sp³-hybridized carbons (Fsp3) is 0.261. The van der Waals surface area contributed by atoms with E-state index in [9.17, 15) is 24.0 Å². The van der Waals surface area contributed by atoms with Crippen LogP contribution in [0.4, 0.5) is 11.4 Å². The van der Waals surface area contributed by atoms with Gasteiger partial charge < -0.3 is 39.5 Å². The second-order valence-corrected chi connectivity index (χ2v) is 14.2. The minimum atomic E-state index is -0.981. The molecule has 4 aromatic rings. The minimum Gasteiger partial charge on any atom is -0.497 e. The largest absolute Gasteiger partial charge is 0.497 e. The van der Waals surface area contributed by atoms with Crippen LogP contribution in [-0.4, -0.2) is 106 Å². The Morgan fingerprint density at radius 1 is 0.667 bits per heavy atom. The average molecular weight is 813 g/mol. The molecule has 0 radical (unpaired) electrons. The summed E-state index contributed by atoms with van der Waals surface area (Å²) >= 11 is 0. The van der Waals surface area contributed by atoms with E-state index >= 15 is 0 Å². The first kappa shape index (κ1) is 42.4. The van der Waals surface area contributed by atoms with Crippen molar-refractivity contribution in [3.63, 3.8) is 0 Å². The third-order valence-electron chi connectivity index (χ3n) is 10.2. The molecule has 310 valence electrons. The summed E-state index contributed by atoms with van der Waals surface area (Å²) < 4.78 is 16.3. The van der Waals surface area contributed by atoms with E-state index in [-0.39, 0.29) is 30.6 Å². The van der Waals surface area contributed by atoms with Gasteiger partial charge in [-0.1, -0.05) is 85.0 Å². The number of aliphatic imine (C=N–C) groups is 1. The van der Waals surface area contributed by atoms with Crippen LogP contribution < -0.4 is 29.9 Å². The number of nitrogens with one attached hydrogen (secondary N) is 2. The molecule has 0 saturated heterocycles. The lowest BCUT2D eigenvalue weighted by Crippen LogP contribution is -2.58. The standard InChI is InChI=1S/C46H48N6O8/c1-50(33-19-23-35(58-3)24-20-33)44(55)38(27-31-13-7-5-8-14-31)47-41(53)29-52-40-18-12-11-17-37(40)49-43(46(52)57)60-30-42(54)48-39(28-32-15-9-6-10-16-32)45(56)51(2)34-21-25-36(59-4)26-22-34/h5-26,37-40H,27-30H2,1-4H3,(H,47,53)(H,48,54)/t37?,38-,39-,40?/m0/s1. The predicted octanol–water partition coefficient (Wildman–Crippen LogP) is 3.91. The molecular formula is C46H48N6O8. The van der Waals surface area contributed by atoms with E-state index in [0.717, 1.165) is 11.1 Å². The van der Waals surface area contributed by atoms with Crippen molar-refractivity contribution in [2.75, 3.05) is 51.3 Å². The third kappa shape index (κ3) is 10.6. The number of hydrogen-bond acceptors (Lipinski definition) is 9. The summed E-state index contributed by atoms with van der Waals surface area (Å²) in [5.41, 5.74) is 2.85. The molecule has 0 fully saturated rings. The van der Waals surface area contributed by atoms with Crippen LogP contribution >= 0.6 is 0 Å². The van der Waals surface area contributed by atoms with Gasteiger partial charge in [0.15, 0.2) is 6.61 Å². The summed E-state index contributed by atoms with van der Waals surface area (Å²) in [7, 11) is 6.35. The summed E-state index contributed by atoms with van der Waals surface area (Å²) in [5.74, 6) is -1.78. The van der Waals surface area contributed by atoms with Crippen molar-refractivity contribution < 1.29 is 38.2 Å². The molecule has 0 saturated carbocycles. The van der Waals surface area contributed by atoms with Crippen molar-refractivity contribution in [2.45, 2.75) is 37.0 Å². The van der Waals surface area contributed by atoms with E-state index in [2.05, 4.69) is 15.6 Å². The summed E-state index contributed by atoms with van der Waals surface area (Å²) in [4.78, 5) is 77.8. The van der Waals surface area contributed by atoms with Crippen molar-refractivity contribution in [2.24, 2.45) is 4.99 Å². The Balaban J connectivity index is 1.14. The van der Waals surface area contributed by atoms with Crippen molar-refractivity contribution >= 4 is 46.8 Å². The quantitative estimate of drug-likeness (QED) is 0.173. The van der Waals surface area contributed by atoms with E-state index in [0.29, 0.717) is 22.9 Å². The molecule has 4 aromatic carbocycles. The van der Waals surface area contributed by atoms with Crippen molar-refractivity contribution in [1.82, 2.24) is 15.5 Å². The zero-order valence-electron chi connectivity index (χ0n) is 33.9. The van der Waals surface area contributed by atoms with E-state index in [4.69, 9.17) is 14.2 Å². The summed E-state index contributed by atoms with van der Waals surface area (Å²) in [5, 5.41) is 5.65. The Kier molecular flexibility index (Phi) is 14.1. The molecule has 1 aliphatic carbocycles. The highest BCUT2D eigenvalue weighted by atomic mass is 16.5. The fourth-order valence-electron chi connectivity index (χ4n) is 6.91. The number of carbonyl (C=O) groups is 5. The number of hydrogen-bond donors (Lipinski definition) is 2. The van der Waals surface area contributed by atoms with E-state index in [1.807, 2.05) is 60.7 Å². The molecular weight excluding hydrogens is 765 g/mol. The van der Waals surface area contributed by atoms with Gasteiger partial charge in [0.1, 0.15) is 30.1 Å². The lowest BCUT2D eigenvalue weighted by atomic mass is 9.99. The number of allylic oxidation sites excluding steroid dienone is 2. The van der Waals surface area contributed by atoms with Crippen LogP contribution in [0.3, 0.4) is 0 Å². The van der Waals surface area contributed by atoms with Gasteiger partial charge in [-0.05, 0) is 59.7 Å². The molecule has 2 N–H and O–H groups in total. The normalized spacial score (nSPS) is 16.4. The SMILES string of the molecule is COc1ccc(N(C)C(=O)[C@H](Cc2ccccc2)NC(=O)COC2=NC3C=CC=CC3N(CC(=O)N[C@@H](Cc3ccccc3)C(=O)N(C)c3ccc(OC)cc3)C2=O)cc1. The van der Waals surface area contributed by atoms with Crippen LogP contribution in [0.5, 0.6) is 11.5 Å². The molecule has 60 heavy (non-hydrogen) atoms. The molecule has 0 spiro atoms. The Morgan fingerprint density at radius 3 is 1.62 bits per heavy atom. The van der Waals surface area contributed by atoms with Gasteiger partial charge in [0.05, 0.1) is 26.3 Å². The van der Waals surface area contributed by atoms with Crippen molar-refractivity contribution in [3.05, 3.63) is 145 Å². The highest BCUT2D eigenvalue weighted by Crippen LogP contribution is 2.23. The third-order valence-corrected chi connectivity index (χ3v) is 10.2. The highest BCUT2D eigenvalue weighted by molar-refractivity contribution is 6.36. The van der Waals surface area contributed by atoms with Crippen LogP contribution in [0.1, 0.15) is 11.1 Å². The molecule has 6 rings (SSSR count). The van der Waals surface area contributed by atoms with Gasteiger partial charge in [0, 0.05) is 38.3 Å². The molecule has 14 nitrogen and oxygen atoms in total. The number of ether oxygens (including phenoxy) is 3. The summed E-state index contributed by atoms with van der Waals surface area (Å²) in [6.07, 6.45) is 7.44. The number of methoxy groups -OCH3 is 2. The molecule has 14 heteroatoms. The second kappa shape index (κ2) is 20.0. The second-order valence-electron chi connectivity index (χ2n) is 14.2. The smallest absolute Gasteiger partial charge is 0.309 e. The zero-order chi connectivity index (χ0) is 42.6. The first-order valence-electron chi connectivity index (χ1n) is 19.4. The molecule has 1 aliphatic heterocycles. The van der Waals surface area contributed by atoms with Crippen molar-refractivity contribution in [3.8, 4) is 11.5 Å². The van der Waals surface area contributed by atoms with Gasteiger partial charge in [-0.25, -0.2) is 4.99 Å². The van der Waals surface area contributed by atoms with Crippen LogP contribution in [0, 0.1) is 0 Å². The average Bonchev–Trinajstić information content (AvgIpc) is 3.28. The number of carbonyl (C=O) groups excluding carboxylic acids is 5. The molecule has 0 aromatic heterocycles. The maximum absolute atomic E-state index is 14.0. The summed E-state index contributed by atoms with van der Waals surface area (Å²) in [6.45, 7) is -1.05. The van der Waals surface area contributed by atoms with Gasteiger partial charge in [0.2, 0.25) is 17.7 Å². The first-order chi connectivity index (χ1) is 29.0. The molecule has 1 heterocycles. The number of benzene rings is 4. The first-order valence-corrected chi connectivity index (χ1v) is 19.4. The minimum absolute atomic E-state index is 0.194. The monoisotopic (exact) mass is 812 g/mol. The highest BCUT2D eigenvalue weighted by Gasteiger charge is 2.39. The molecule has 4 atom stereocenters. The maximum Gasteiger partial charge on any atom is 0.309 e. The molecule has 0 bridgehead atoms. The maximum atomic E-state index is 14.0. The van der Waals surface area contributed by atoms with Crippen LogP contribution in [0.2, 0.25) is 0 Å². The van der Waals surface area contributed by atoms with Gasteiger partial charge in [-0.15, -0.1) is 0 Å². The van der Waals surface area contributed by atoms with Crippen molar-refractivity contribution in [1.29, 1.82) is 0 Å². The molecule has 2 unspecified atom stereocenters. The van der Waals surface area contributed by atoms with Gasteiger partial charge in [-0.2, -0.15) is 0 Å². The van der Waals surface area contributed by atoms with E-state index < -0.39 is 55.0 Å².